The highest BCUT2D eigenvalue weighted by Gasteiger charge is 2.31. The van der Waals surface area contributed by atoms with Gasteiger partial charge in [0.1, 0.15) is 11.8 Å². The normalized spacial score (nSPS) is 11.7. The van der Waals surface area contributed by atoms with Crippen LogP contribution in [-0.4, -0.2) is 35.9 Å². The molecule has 0 aliphatic rings. The zero-order chi connectivity index (χ0) is 26.1. The SMILES string of the molecule is Cc1cc(OCC(=O)N(Cc2ccccc2Cl)[C@@H](Cc2ccccc2)C(=O)NCC(C)C)ccc1Cl. The number of carbonyl (C=O) groups excluding carboxylic acids is 2. The van der Waals surface area contributed by atoms with Gasteiger partial charge in [0.2, 0.25) is 5.91 Å². The predicted octanol–water partition coefficient (Wildman–Crippen LogP) is 6.09. The second kappa shape index (κ2) is 13.3. The first-order valence-electron chi connectivity index (χ1n) is 12.0. The van der Waals surface area contributed by atoms with Crippen LogP contribution in [0.25, 0.3) is 0 Å². The number of nitrogens with zero attached hydrogens (tertiary/aromatic N) is 1. The molecule has 1 N–H and O–H groups in total. The Morgan fingerprint density at radius 3 is 2.31 bits per heavy atom. The molecule has 190 valence electrons. The molecule has 3 aromatic carbocycles. The molecule has 0 aliphatic heterocycles. The Morgan fingerprint density at radius 1 is 0.944 bits per heavy atom. The summed E-state index contributed by atoms with van der Waals surface area (Å²) in [5.74, 6) is 0.278. The number of hydrogen-bond donors (Lipinski definition) is 1. The average Bonchev–Trinajstić information content (AvgIpc) is 2.86. The summed E-state index contributed by atoms with van der Waals surface area (Å²) in [6.45, 7) is 6.39. The lowest BCUT2D eigenvalue weighted by atomic mass is 10.0. The molecular weight excluding hydrogens is 495 g/mol. The van der Waals surface area contributed by atoms with E-state index in [-0.39, 0.29) is 30.9 Å². The molecular formula is C29H32Cl2N2O3. The minimum Gasteiger partial charge on any atom is -0.484 e. The molecule has 0 heterocycles. The third-order valence-electron chi connectivity index (χ3n) is 5.75. The molecule has 0 fully saturated rings. The smallest absolute Gasteiger partial charge is 0.261 e. The van der Waals surface area contributed by atoms with Gasteiger partial charge in [-0.15, -0.1) is 0 Å². The van der Waals surface area contributed by atoms with Gasteiger partial charge in [0.15, 0.2) is 6.61 Å². The van der Waals surface area contributed by atoms with E-state index in [4.69, 9.17) is 27.9 Å². The van der Waals surface area contributed by atoms with E-state index in [2.05, 4.69) is 5.32 Å². The van der Waals surface area contributed by atoms with E-state index >= 15 is 0 Å². The van der Waals surface area contributed by atoms with Crippen LogP contribution in [0.15, 0.2) is 72.8 Å². The number of amides is 2. The van der Waals surface area contributed by atoms with Crippen molar-refractivity contribution in [2.75, 3.05) is 13.2 Å². The summed E-state index contributed by atoms with van der Waals surface area (Å²) in [7, 11) is 0. The molecule has 0 aromatic heterocycles. The molecule has 0 aliphatic carbocycles. The summed E-state index contributed by atoms with van der Waals surface area (Å²) in [4.78, 5) is 28.6. The van der Waals surface area contributed by atoms with Crippen LogP contribution >= 0.6 is 23.2 Å². The van der Waals surface area contributed by atoms with E-state index in [1.165, 1.54) is 0 Å². The zero-order valence-corrected chi connectivity index (χ0v) is 22.4. The minimum absolute atomic E-state index is 0.175. The number of carbonyl (C=O) groups is 2. The van der Waals surface area contributed by atoms with Gasteiger partial charge in [0.25, 0.3) is 5.91 Å². The summed E-state index contributed by atoms with van der Waals surface area (Å²) in [6.07, 6.45) is 0.362. The lowest BCUT2D eigenvalue weighted by Gasteiger charge is -2.32. The first kappa shape index (κ1) is 27.6. The molecule has 0 saturated heterocycles. The van der Waals surface area contributed by atoms with Crippen molar-refractivity contribution in [1.29, 1.82) is 0 Å². The first-order chi connectivity index (χ1) is 17.2. The molecule has 2 amide bonds. The standard InChI is InChI=1S/C29H32Cl2N2O3/c1-20(2)17-32-29(35)27(16-22-9-5-4-6-10-22)33(18-23-11-7-8-12-26(23)31)28(34)19-36-24-13-14-25(30)21(3)15-24/h4-15,20,27H,16-19H2,1-3H3,(H,32,35)/t27-/m0/s1. The van der Waals surface area contributed by atoms with Gasteiger partial charge in [-0.3, -0.25) is 9.59 Å². The highest BCUT2D eigenvalue weighted by Crippen LogP contribution is 2.23. The maximum absolute atomic E-state index is 13.6. The van der Waals surface area contributed by atoms with Gasteiger partial charge in [-0.25, -0.2) is 0 Å². The molecule has 0 bridgehead atoms. The molecule has 36 heavy (non-hydrogen) atoms. The van der Waals surface area contributed by atoms with Crippen LogP contribution in [-0.2, 0) is 22.6 Å². The van der Waals surface area contributed by atoms with Gasteiger partial charge in [-0.05, 0) is 53.8 Å². The molecule has 3 aromatic rings. The van der Waals surface area contributed by atoms with Gasteiger partial charge < -0.3 is 15.0 Å². The van der Waals surface area contributed by atoms with Crippen molar-refractivity contribution in [3.8, 4) is 5.75 Å². The maximum atomic E-state index is 13.6. The van der Waals surface area contributed by atoms with Crippen LogP contribution in [0.1, 0.15) is 30.5 Å². The molecule has 0 saturated carbocycles. The second-order valence-corrected chi connectivity index (χ2v) is 9.97. The largest absolute Gasteiger partial charge is 0.484 e. The second-order valence-electron chi connectivity index (χ2n) is 9.16. The summed E-state index contributed by atoms with van der Waals surface area (Å²) in [5.41, 5.74) is 2.56. The van der Waals surface area contributed by atoms with Crippen molar-refractivity contribution in [3.63, 3.8) is 0 Å². The number of hydrogen-bond acceptors (Lipinski definition) is 3. The Kier molecular flexibility index (Phi) is 10.2. The van der Waals surface area contributed by atoms with Crippen molar-refractivity contribution < 1.29 is 14.3 Å². The lowest BCUT2D eigenvalue weighted by molar-refractivity contribution is -0.142. The summed E-state index contributed by atoms with van der Waals surface area (Å²) in [5, 5.41) is 4.16. The monoisotopic (exact) mass is 526 g/mol. The summed E-state index contributed by atoms with van der Waals surface area (Å²) < 4.78 is 5.82. The molecule has 3 rings (SSSR count). The Hall–Kier alpha value is -3.02. The Morgan fingerprint density at radius 2 is 1.64 bits per heavy atom. The van der Waals surface area contributed by atoms with Crippen LogP contribution in [0.2, 0.25) is 10.0 Å². The maximum Gasteiger partial charge on any atom is 0.261 e. The van der Waals surface area contributed by atoms with Crippen LogP contribution in [0.4, 0.5) is 0 Å². The highest BCUT2D eigenvalue weighted by atomic mass is 35.5. The number of aryl methyl sites for hydroxylation is 1. The summed E-state index contributed by atoms with van der Waals surface area (Å²) in [6, 6.07) is 21.5. The quantitative estimate of drug-likeness (QED) is 0.328. The average molecular weight is 527 g/mol. The van der Waals surface area contributed by atoms with Crippen molar-refractivity contribution in [2.24, 2.45) is 5.92 Å². The number of benzene rings is 3. The lowest BCUT2D eigenvalue weighted by Crippen LogP contribution is -2.52. The van der Waals surface area contributed by atoms with Crippen LogP contribution < -0.4 is 10.1 Å². The van der Waals surface area contributed by atoms with E-state index in [9.17, 15) is 9.59 Å². The number of rotatable bonds is 11. The fourth-order valence-corrected chi connectivity index (χ4v) is 4.03. The van der Waals surface area contributed by atoms with Gasteiger partial charge >= 0.3 is 0 Å². The van der Waals surface area contributed by atoms with Crippen LogP contribution in [0.3, 0.4) is 0 Å². The van der Waals surface area contributed by atoms with E-state index in [1.54, 1.807) is 29.2 Å². The number of ether oxygens (including phenoxy) is 1. The van der Waals surface area contributed by atoms with Gasteiger partial charge in [0, 0.05) is 29.6 Å². The first-order valence-corrected chi connectivity index (χ1v) is 12.7. The van der Waals surface area contributed by atoms with Crippen molar-refractivity contribution in [2.45, 2.75) is 39.8 Å². The molecule has 0 radical (unpaired) electrons. The highest BCUT2D eigenvalue weighted by molar-refractivity contribution is 6.31. The van der Waals surface area contributed by atoms with E-state index < -0.39 is 6.04 Å². The fourth-order valence-electron chi connectivity index (χ4n) is 3.72. The van der Waals surface area contributed by atoms with E-state index in [1.807, 2.05) is 69.3 Å². The van der Waals surface area contributed by atoms with Gasteiger partial charge in [-0.1, -0.05) is 85.6 Å². The molecule has 1 atom stereocenters. The predicted molar refractivity (Wildman–Crippen MR) is 145 cm³/mol. The molecule has 7 heteroatoms. The van der Waals surface area contributed by atoms with Gasteiger partial charge in [0.05, 0.1) is 0 Å². The molecule has 5 nitrogen and oxygen atoms in total. The van der Waals surface area contributed by atoms with Crippen molar-refractivity contribution in [3.05, 3.63) is 99.5 Å². The Bertz CT molecular complexity index is 1170. The van der Waals surface area contributed by atoms with Gasteiger partial charge in [-0.2, -0.15) is 0 Å². The van der Waals surface area contributed by atoms with Crippen molar-refractivity contribution in [1.82, 2.24) is 10.2 Å². The van der Waals surface area contributed by atoms with E-state index in [0.29, 0.717) is 28.8 Å². The Labute approximate surface area is 223 Å². The minimum atomic E-state index is -0.745. The summed E-state index contributed by atoms with van der Waals surface area (Å²) >= 11 is 12.6. The third kappa shape index (κ3) is 8.00. The molecule has 0 spiro atoms. The van der Waals surface area contributed by atoms with Crippen LogP contribution in [0.5, 0.6) is 5.75 Å². The van der Waals surface area contributed by atoms with Crippen molar-refractivity contribution >= 4 is 35.0 Å². The fraction of sp³-hybridized carbons (Fsp3) is 0.310. The Balaban J connectivity index is 1.91. The topological polar surface area (TPSA) is 58.6 Å². The number of halogens is 2. The number of nitrogens with one attached hydrogen (secondary N) is 1. The van der Waals surface area contributed by atoms with E-state index in [0.717, 1.165) is 16.7 Å². The zero-order valence-electron chi connectivity index (χ0n) is 20.8. The molecule has 0 unspecified atom stereocenters. The third-order valence-corrected chi connectivity index (χ3v) is 6.54. The van der Waals surface area contributed by atoms with Crippen LogP contribution in [0, 0.1) is 12.8 Å².